The third kappa shape index (κ3) is 3.77. The molecule has 0 radical (unpaired) electrons. The first-order valence-electron chi connectivity index (χ1n) is 5.05. The van der Waals surface area contributed by atoms with Gasteiger partial charge in [0, 0.05) is 0 Å². The Balaban J connectivity index is 2.62. The van der Waals surface area contributed by atoms with Crippen molar-refractivity contribution < 1.29 is 19.1 Å². The Hall–Kier alpha value is -1.50. The number of aromatic nitrogens is 2. The molecule has 1 atom stereocenters. The third-order valence-corrected chi connectivity index (χ3v) is 2.85. The van der Waals surface area contributed by atoms with Crippen LogP contribution in [0.2, 0.25) is 0 Å². The van der Waals surface area contributed by atoms with E-state index in [-0.39, 0.29) is 16.9 Å². The van der Waals surface area contributed by atoms with Gasteiger partial charge in [-0.2, -0.15) is 0 Å². The fraction of sp³-hybridized carbons (Fsp3) is 0.500. The van der Waals surface area contributed by atoms with Crippen molar-refractivity contribution in [3.8, 4) is 0 Å². The number of ether oxygens (including phenoxy) is 2. The molecule has 7 heteroatoms. The highest BCUT2D eigenvalue weighted by Gasteiger charge is 2.18. The minimum atomic E-state index is -0.461. The first-order valence-corrected chi connectivity index (χ1v) is 5.93. The van der Waals surface area contributed by atoms with E-state index in [1.807, 2.05) is 0 Å². The molecule has 1 N–H and O–H groups in total. The second kappa shape index (κ2) is 6.29. The van der Waals surface area contributed by atoms with Crippen LogP contribution in [-0.4, -0.2) is 40.9 Å². The van der Waals surface area contributed by atoms with Crippen molar-refractivity contribution in [3.05, 3.63) is 11.9 Å². The average Bonchev–Trinajstić information content (AvgIpc) is 2.76. The van der Waals surface area contributed by atoms with E-state index in [1.54, 1.807) is 13.8 Å². The SMILES string of the molecule is CCOC(=O)c1cnc(SC(C)C(=O)OC)[nH]1. The molecule has 1 rings (SSSR count). The zero-order valence-electron chi connectivity index (χ0n) is 9.85. The topological polar surface area (TPSA) is 81.3 Å². The van der Waals surface area contributed by atoms with Gasteiger partial charge in [0.1, 0.15) is 10.9 Å². The Morgan fingerprint density at radius 2 is 2.29 bits per heavy atom. The van der Waals surface area contributed by atoms with Gasteiger partial charge in [0.05, 0.1) is 19.9 Å². The van der Waals surface area contributed by atoms with Crippen molar-refractivity contribution in [1.82, 2.24) is 9.97 Å². The molecule has 0 aromatic carbocycles. The zero-order valence-corrected chi connectivity index (χ0v) is 10.7. The zero-order chi connectivity index (χ0) is 12.8. The van der Waals surface area contributed by atoms with Crippen molar-refractivity contribution >= 4 is 23.7 Å². The molecule has 0 bridgehead atoms. The van der Waals surface area contributed by atoms with Crippen LogP contribution < -0.4 is 0 Å². The van der Waals surface area contributed by atoms with Crippen molar-refractivity contribution in [3.63, 3.8) is 0 Å². The largest absolute Gasteiger partial charge is 0.468 e. The molecule has 1 unspecified atom stereocenters. The molecule has 0 saturated carbocycles. The van der Waals surface area contributed by atoms with Crippen LogP contribution in [0.1, 0.15) is 24.3 Å². The lowest BCUT2D eigenvalue weighted by atomic mass is 10.5. The number of nitrogens with zero attached hydrogens (tertiary/aromatic N) is 1. The van der Waals surface area contributed by atoms with E-state index in [0.29, 0.717) is 11.8 Å². The van der Waals surface area contributed by atoms with Gasteiger partial charge in [0.15, 0.2) is 5.16 Å². The number of hydrogen-bond acceptors (Lipinski definition) is 6. The molecular formula is C10H14N2O4S. The summed E-state index contributed by atoms with van der Waals surface area (Å²) >= 11 is 1.18. The van der Waals surface area contributed by atoms with E-state index in [4.69, 9.17) is 4.74 Å². The summed E-state index contributed by atoms with van der Waals surface area (Å²) in [5.74, 6) is -0.804. The van der Waals surface area contributed by atoms with E-state index in [1.165, 1.54) is 25.1 Å². The molecule has 0 aliphatic heterocycles. The molecule has 1 heterocycles. The third-order valence-electron chi connectivity index (χ3n) is 1.87. The Bertz CT molecular complexity index is 405. The van der Waals surface area contributed by atoms with Crippen LogP contribution in [0.3, 0.4) is 0 Å². The average molecular weight is 258 g/mol. The summed E-state index contributed by atoms with van der Waals surface area (Å²) in [6.45, 7) is 3.73. The highest BCUT2D eigenvalue weighted by molar-refractivity contribution is 8.00. The normalized spacial score (nSPS) is 11.9. The number of aromatic amines is 1. The number of rotatable bonds is 5. The Kier molecular flexibility index (Phi) is 5.02. The monoisotopic (exact) mass is 258 g/mol. The molecule has 17 heavy (non-hydrogen) atoms. The maximum atomic E-state index is 11.3. The lowest BCUT2D eigenvalue weighted by molar-refractivity contribution is -0.139. The van der Waals surface area contributed by atoms with Crippen molar-refractivity contribution in [1.29, 1.82) is 0 Å². The summed E-state index contributed by atoms with van der Waals surface area (Å²) in [7, 11) is 1.32. The van der Waals surface area contributed by atoms with Crippen LogP contribution in [0.5, 0.6) is 0 Å². The first-order chi connectivity index (χ1) is 8.08. The lowest BCUT2D eigenvalue weighted by Gasteiger charge is -2.05. The van der Waals surface area contributed by atoms with Gasteiger partial charge in [0.2, 0.25) is 0 Å². The predicted molar refractivity (Wildman–Crippen MR) is 61.9 cm³/mol. The van der Waals surface area contributed by atoms with Crippen molar-refractivity contribution in [2.45, 2.75) is 24.3 Å². The fourth-order valence-electron chi connectivity index (χ4n) is 1.06. The van der Waals surface area contributed by atoms with Gasteiger partial charge in [-0.25, -0.2) is 9.78 Å². The number of methoxy groups -OCH3 is 1. The molecule has 0 amide bonds. The molecule has 1 aromatic heterocycles. The number of esters is 2. The molecule has 0 saturated heterocycles. The molecular weight excluding hydrogens is 244 g/mol. The molecule has 0 fully saturated rings. The van der Waals surface area contributed by atoms with E-state index in [9.17, 15) is 9.59 Å². The summed E-state index contributed by atoms with van der Waals surface area (Å²) in [5.41, 5.74) is 0.270. The van der Waals surface area contributed by atoms with E-state index in [2.05, 4.69) is 14.7 Å². The van der Waals surface area contributed by atoms with Gasteiger partial charge in [-0.15, -0.1) is 0 Å². The molecule has 0 spiro atoms. The summed E-state index contributed by atoms with van der Waals surface area (Å²) in [4.78, 5) is 29.3. The number of imidazole rings is 1. The number of hydrogen-bond donors (Lipinski definition) is 1. The minimum Gasteiger partial charge on any atom is -0.468 e. The number of nitrogens with one attached hydrogen (secondary N) is 1. The van der Waals surface area contributed by atoms with E-state index >= 15 is 0 Å². The smallest absolute Gasteiger partial charge is 0.356 e. The van der Waals surface area contributed by atoms with Crippen LogP contribution in [0.4, 0.5) is 0 Å². The molecule has 0 aliphatic carbocycles. The van der Waals surface area contributed by atoms with Gasteiger partial charge in [-0.3, -0.25) is 4.79 Å². The highest BCUT2D eigenvalue weighted by Crippen LogP contribution is 2.20. The Morgan fingerprint density at radius 3 is 2.88 bits per heavy atom. The number of carbonyl (C=O) groups is 2. The van der Waals surface area contributed by atoms with Gasteiger partial charge in [-0.1, -0.05) is 11.8 Å². The summed E-state index contributed by atoms with van der Waals surface area (Å²) in [5, 5.41) is 0.0900. The van der Waals surface area contributed by atoms with E-state index in [0.717, 1.165) is 0 Å². The number of H-pyrrole nitrogens is 1. The quantitative estimate of drug-likeness (QED) is 0.632. The second-order valence-electron chi connectivity index (χ2n) is 3.11. The van der Waals surface area contributed by atoms with Crippen molar-refractivity contribution in [2.75, 3.05) is 13.7 Å². The number of thioether (sulfide) groups is 1. The maximum absolute atomic E-state index is 11.3. The summed E-state index contributed by atoms with van der Waals surface area (Å²) in [6, 6.07) is 0. The van der Waals surface area contributed by atoms with Crippen molar-refractivity contribution in [2.24, 2.45) is 0 Å². The standard InChI is InChI=1S/C10H14N2O4S/c1-4-16-9(14)7-5-11-10(12-7)17-6(2)8(13)15-3/h5-6H,4H2,1-3H3,(H,11,12). The Labute approximate surface area is 103 Å². The van der Waals surface area contributed by atoms with E-state index < -0.39 is 5.97 Å². The molecule has 1 aromatic rings. The molecule has 94 valence electrons. The summed E-state index contributed by atoms with van der Waals surface area (Å²) < 4.78 is 9.39. The fourth-order valence-corrected chi connectivity index (χ4v) is 1.87. The van der Waals surface area contributed by atoms with Crippen LogP contribution >= 0.6 is 11.8 Å². The van der Waals surface area contributed by atoms with Crippen LogP contribution in [-0.2, 0) is 14.3 Å². The van der Waals surface area contributed by atoms with Gasteiger partial charge in [0.25, 0.3) is 0 Å². The van der Waals surface area contributed by atoms with Crippen LogP contribution in [0, 0.1) is 0 Å². The predicted octanol–water partition coefficient (Wildman–Crippen LogP) is 1.24. The molecule has 6 nitrogen and oxygen atoms in total. The second-order valence-corrected chi connectivity index (χ2v) is 4.44. The lowest BCUT2D eigenvalue weighted by Crippen LogP contribution is -2.14. The Morgan fingerprint density at radius 1 is 1.59 bits per heavy atom. The van der Waals surface area contributed by atoms with Crippen LogP contribution in [0.25, 0.3) is 0 Å². The van der Waals surface area contributed by atoms with Gasteiger partial charge >= 0.3 is 11.9 Å². The summed E-state index contributed by atoms with van der Waals surface area (Å²) in [6.07, 6.45) is 1.38. The van der Waals surface area contributed by atoms with Crippen LogP contribution in [0.15, 0.2) is 11.4 Å². The minimum absolute atomic E-state index is 0.270. The highest BCUT2D eigenvalue weighted by atomic mass is 32.2. The van der Waals surface area contributed by atoms with Gasteiger partial charge < -0.3 is 14.5 Å². The number of carbonyl (C=O) groups excluding carboxylic acids is 2. The maximum Gasteiger partial charge on any atom is 0.356 e. The molecule has 0 aliphatic rings. The first kappa shape index (κ1) is 13.6. The van der Waals surface area contributed by atoms with Gasteiger partial charge in [-0.05, 0) is 13.8 Å².